The van der Waals surface area contributed by atoms with E-state index < -0.39 is 11.6 Å². The summed E-state index contributed by atoms with van der Waals surface area (Å²) in [5.74, 6) is -1.03. The van der Waals surface area contributed by atoms with Crippen LogP contribution in [0.4, 0.5) is 8.78 Å². The van der Waals surface area contributed by atoms with Crippen molar-refractivity contribution in [2.45, 2.75) is 13.3 Å². The number of hydrogen-bond donors (Lipinski definition) is 0. The second kappa shape index (κ2) is 6.43. The highest BCUT2D eigenvalue weighted by atomic mass is 32.2. The lowest BCUT2D eigenvalue weighted by atomic mass is 10.2. The maximum atomic E-state index is 13.2. The van der Waals surface area contributed by atoms with Crippen molar-refractivity contribution in [1.82, 2.24) is 0 Å². The van der Waals surface area contributed by atoms with Crippen molar-refractivity contribution in [2.75, 3.05) is 5.75 Å². The van der Waals surface area contributed by atoms with Crippen LogP contribution in [0.3, 0.4) is 0 Å². The topological polar surface area (TPSA) is 17.1 Å². The number of thioether (sulfide) groups is 1. The zero-order chi connectivity index (χ0) is 12.0. The molecule has 4 heteroatoms. The molecular weight excluding hydrogens is 230 g/mol. The Morgan fingerprint density at radius 3 is 2.88 bits per heavy atom. The molecular formula is C12H12F2OS. The number of carbonyl (C=O) groups excluding carboxylic acids is 1. The lowest BCUT2D eigenvalue weighted by molar-refractivity contribution is -0.109. The molecule has 0 radical (unpaired) electrons. The lowest BCUT2D eigenvalue weighted by Gasteiger charge is -1.97. The molecule has 0 aliphatic carbocycles. The highest BCUT2D eigenvalue weighted by Crippen LogP contribution is 2.13. The minimum absolute atomic E-state index is 0.0605. The molecule has 86 valence electrons. The van der Waals surface area contributed by atoms with Gasteiger partial charge in [-0.25, -0.2) is 8.78 Å². The van der Waals surface area contributed by atoms with E-state index in [4.69, 9.17) is 0 Å². The summed E-state index contributed by atoms with van der Waals surface area (Å²) in [6.45, 7) is 1.50. The number of benzene rings is 1. The average Bonchev–Trinajstić information content (AvgIpc) is 2.23. The van der Waals surface area contributed by atoms with Gasteiger partial charge >= 0.3 is 0 Å². The maximum absolute atomic E-state index is 13.2. The molecule has 0 saturated carbocycles. The minimum Gasteiger partial charge on any atom is -0.288 e. The molecule has 0 heterocycles. The van der Waals surface area contributed by atoms with Crippen molar-refractivity contribution in [3.8, 4) is 0 Å². The Bertz CT molecular complexity index is 402. The molecule has 0 aromatic heterocycles. The van der Waals surface area contributed by atoms with Gasteiger partial charge in [0.15, 0.2) is 16.7 Å². The van der Waals surface area contributed by atoms with E-state index in [9.17, 15) is 13.6 Å². The summed E-state index contributed by atoms with van der Waals surface area (Å²) in [7, 11) is 0. The monoisotopic (exact) mass is 242 g/mol. The second-order valence-electron chi connectivity index (χ2n) is 3.17. The van der Waals surface area contributed by atoms with Gasteiger partial charge in [-0.15, -0.1) is 0 Å². The van der Waals surface area contributed by atoms with Crippen molar-refractivity contribution in [3.05, 3.63) is 41.5 Å². The minimum atomic E-state index is -0.847. The molecule has 0 aliphatic rings. The summed E-state index contributed by atoms with van der Waals surface area (Å²) in [6, 6.07) is 4.05. The Balaban J connectivity index is 2.50. The summed E-state index contributed by atoms with van der Waals surface area (Å²) in [6.07, 6.45) is 3.91. The van der Waals surface area contributed by atoms with Crippen LogP contribution < -0.4 is 0 Å². The fourth-order valence-electron chi connectivity index (χ4n) is 1.13. The van der Waals surface area contributed by atoms with E-state index in [1.165, 1.54) is 36.9 Å². The quantitative estimate of drug-likeness (QED) is 0.750. The molecule has 0 aliphatic heterocycles. The molecule has 0 N–H and O–H groups in total. The third kappa shape index (κ3) is 4.14. The molecule has 1 aromatic carbocycles. The molecule has 0 unspecified atom stereocenters. The summed E-state index contributed by atoms with van der Waals surface area (Å²) in [4.78, 5) is 10.6. The Morgan fingerprint density at radius 1 is 1.44 bits per heavy atom. The van der Waals surface area contributed by atoms with Gasteiger partial charge in [-0.05, 0) is 12.5 Å². The number of rotatable bonds is 4. The molecule has 0 atom stereocenters. The lowest BCUT2D eigenvalue weighted by Crippen LogP contribution is -1.87. The number of allylic oxidation sites excluding steroid dienone is 1. The molecule has 0 fully saturated rings. The van der Waals surface area contributed by atoms with Gasteiger partial charge in [-0.1, -0.05) is 36.0 Å². The van der Waals surface area contributed by atoms with Gasteiger partial charge in [0.05, 0.1) is 0 Å². The van der Waals surface area contributed by atoms with E-state index in [2.05, 4.69) is 0 Å². The van der Waals surface area contributed by atoms with Gasteiger partial charge in [0.1, 0.15) is 0 Å². The van der Waals surface area contributed by atoms with E-state index in [0.717, 1.165) is 6.07 Å². The largest absolute Gasteiger partial charge is 0.288 e. The highest BCUT2D eigenvalue weighted by Gasteiger charge is 2.03. The van der Waals surface area contributed by atoms with Crippen molar-refractivity contribution in [3.63, 3.8) is 0 Å². The third-order valence-electron chi connectivity index (χ3n) is 1.87. The van der Waals surface area contributed by atoms with Gasteiger partial charge in [-0.3, -0.25) is 4.79 Å². The first-order valence-electron chi connectivity index (χ1n) is 4.85. The molecule has 0 bridgehead atoms. The van der Waals surface area contributed by atoms with E-state index in [-0.39, 0.29) is 10.7 Å². The Hall–Kier alpha value is -1.16. The predicted octanol–water partition coefficient (Wildman–Crippen LogP) is 3.65. The standard InChI is InChI=1S/C12H12F2OS/c1-9(15)16-8-3-2-5-10-6-4-7-11(13)12(10)14/h2,4-7H,3,8H2,1H3. The van der Waals surface area contributed by atoms with Crippen molar-refractivity contribution in [1.29, 1.82) is 0 Å². The molecule has 1 rings (SSSR count). The van der Waals surface area contributed by atoms with E-state index in [1.807, 2.05) is 0 Å². The number of halogens is 2. The number of carbonyl (C=O) groups is 1. The van der Waals surface area contributed by atoms with Gasteiger partial charge in [0, 0.05) is 18.2 Å². The van der Waals surface area contributed by atoms with E-state index in [0.29, 0.717) is 12.2 Å². The van der Waals surface area contributed by atoms with Crippen LogP contribution in [0.15, 0.2) is 24.3 Å². The molecule has 0 amide bonds. The van der Waals surface area contributed by atoms with Gasteiger partial charge in [-0.2, -0.15) is 0 Å². The van der Waals surface area contributed by atoms with Crippen LogP contribution in [0.5, 0.6) is 0 Å². The van der Waals surface area contributed by atoms with Gasteiger partial charge < -0.3 is 0 Å². The average molecular weight is 242 g/mol. The van der Waals surface area contributed by atoms with E-state index >= 15 is 0 Å². The van der Waals surface area contributed by atoms with Crippen LogP contribution >= 0.6 is 11.8 Å². The summed E-state index contributed by atoms with van der Waals surface area (Å²) in [5, 5.41) is 0.0605. The summed E-state index contributed by atoms with van der Waals surface area (Å²) >= 11 is 1.22. The summed E-state index contributed by atoms with van der Waals surface area (Å²) < 4.78 is 26.0. The first kappa shape index (κ1) is 12.9. The van der Waals surface area contributed by atoms with E-state index in [1.54, 1.807) is 6.08 Å². The summed E-state index contributed by atoms with van der Waals surface area (Å²) in [5.41, 5.74) is 0.229. The Labute approximate surface area is 97.5 Å². The van der Waals surface area contributed by atoms with Crippen LogP contribution in [0, 0.1) is 11.6 Å². The Kier molecular flexibility index (Phi) is 5.19. The maximum Gasteiger partial charge on any atom is 0.185 e. The highest BCUT2D eigenvalue weighted by molar-refractivity contribution is 8.13. The third-order valence-corrected chi connectivity index (χ3v) is 2.72. The number of hydrogen-bond acceptors (Lipinski definition) is 2. The molecule has 0 spiro atoms. The van der Waals surface area contributed by atoms with Crippen molar-refractivity contribution < 1.29 is 13.6 Å². The second-order valence-corrected chi connectivity index (χ2v) is 4.45. The van der Waals surface area contributed by atoms with Crippen LogP contribution in [-0.4, -0.2) is 10.9 Å². The smallest absolute Gasteiger partial charge is 0.185 e. The predicted molar refractivity (Wildman–Crippen MR) is 63.1 cm³/mol. The van der Waals surface area contributed by atoms with Crippen LogP contribution in [0.2, 0.25) is 0 Å². The van der Waals surface area contributed by atoms with Crippen molar-refractivity contribution >= 4 is 23.0 Å². The van der Waals surface area contributed by atoms with Gasteiger partial charge in [0.2, 0.25) is 0 Å². The first-order valence-corrected chi connectivity index (χ1v) is 5.83. The fraction of sp³-hybridized carbons (Fsp3) is 0.250. The molecule has 0 saturated heterocycles. The molecule has 16 heavy (non-hydrogen) atoms. The SMILES string of the molecule is CC(=O)SCCC=Cc1cccc(F)c1F. The first-order chi connectivity index (χ1) is 7.61. The van der Waals surface area contributed by atoms with Crippen LogP contribution in [0.1, 0.15) is 18.9 Å². The normalized spacial score (nSPS) is 10.9. The zero-order valence-corrected chi connectivity index (χ0v) is 9.69. The van der Waals surface area contributed by atoms with Crippen LogP contribution in [0.25, 0.3) is 6.08 Å². The Morgan fingerprint density at radius 2 is 2.19 bits per heavy atom. The fourth-order valence-corrected chi connectivity index (χ4v) is 1.67. The van der Waals surface area contributed by atoms with Gasteiger partial charge in [0.25, 0.3) is 0 Å². The zero-order valence-electron chi connectivity index (χ0n) is 8.87. The molecule has 1 aromatic rings. The van der Waals surface area contributed by atoms with Crippen LogP contribution in [-0.2, 0) is 4.79 Å². The van der Waals surface area contributed by atoms with Crippen molar-refractivity contribution in [2.24, 2.45) is 0 Å². The molecule has 1 nitrogen and oxygen atoms in total.